The predicted molar refractivity (Wildman–Crippen MR) is 122 cm³/mol. The van der Waals surface area contributed by atoms with Crippen LogP contribution in [0.3, 0.4) is 0 Å². The highest BCUT2D eigenvalue weighted by atomic mass is 35.5. The molecule has 3 rings (SSSR count). The highest BCUT2D eigenvalue weighted by Gasteiger charge is 2.22. The van der Waals surface area contributed by atoms with E-state index in [1.165, 1.54) is 7.11 Å². The maximum atomic E-state index is 11.8. The fourth-order valence-corrected chi connectivity index (χ4v) is 3.77. The number of amidine groups is 1. The molecular formula is C22H23ClN2O5S. The van der Waals surface area contributed by atoms with Crippen molar-refractivity contribution in [2.45, 2.75) is 6.92 Å². The third-order valence-electron chi connectivity index (χ3n) is 4.27. The lowest BCUT2D eigenvalue weighted by Crippen LogP contribution is -2.18. The summed E-state index contributed by atoms with van der Waals surface area (Å²) < 4.78 is 22.4. The number of para-hydroxylation sites is 1. The molecule has 0 bridgehead atoms. The monoisotopic (exact) mass is 462 g/mol. The Bertz CT molecular complexity index is 996. The van der Waals surface area contributed by atoms with Gasteiger partial charge in [0.05, 0.1) is 30.3 Å². The van der Waals surface area contributed by atoms with Crippen LogP contribution in [0.2, 0.25) is 5.02 Å². The van der Waals surface area contributed by atoms with Gasteiger partial charge < -0.3 is 24.3 Å². The highest BCUT2D eigenvalue weighted by molar-refractivity contribution is 8.18. The number of methoxy groups -OCH3 is 1. The molecule has 0 atom stereocenters. The molecular weight excluding hydrogens is 440 g/mol. The first-order valence-electron chi connectivity index (χ1n) is 9.54. The first-order valence-corrected chi connectivity index (χ1v) is 10.7. The van der Waals surface area contributed by atoms with E-state index in [-0.39, 0.29) is 17.7 Å². The van der Waals surface area contributed by atoms with Gasteiger partial charge in [-0.3, -0.25) is 10.2 Å². The number of carbonyl (C=O) groups is 1. The van der Waals surface area contributed by atoms with E-state index in [4.69, 9.17) is 36.0 Å². The van der Waals surface area contributed by atoms with Crippen LogP contribution < -0.4 is 19.5 Å². The molecule has 1 fully saturated rings. The SMILES string of the molecule is COc1cc(/C=C2\SC(=N)NC2=O)cc(Cl)c1OCCOCCOc1ccccc1C. The molecule has 0 aromatic heterocycles. The van der Waals surface area contributed by atoms with Crippen molar-refractivity contribution in [1.82, 2.24) is 5.32 Å². The Morgan fingerprint density at radius 2 is 1.84 bits per heavy atom. The maximum Gasteiger partial charge on any atom is 0.264 e. The van der Waals surface area contributed by atoms with E-state index in [0.29, 0.717) is 46.8 Å². The van der Waals surface area contributed by atoms with Crippen LogP contribution in [0.15, 0.2) is 41.3 Å². The minimum atomic E-state index is -0.311. The van der Waals surface area contributed by atoms with Gasteiger partial charge in [0.15, 0.2) is 16.7 Å². The van der Waals surface area contributed by atoms with Crippen molar-refractivity contribution >= 4 is 40.5 Å². The van der Waals surface area contributed by atoms with Crippen LogP contribution in [-0.2, 0) is 9.53 Å². The molecule has 2 aromatic carbocycles. The summed E-state index contributed by atoms with van der Waals surface area (Å²) in [5.74, 6) is 1.39. The molecule has 2 N–H and O–H groups in total. The van der Waals surface area contributed by atoms with Gasteiger partial charge in [-0.1, -0.05) is 29.8 Å². The van der Waals surface area contributed by atoms with Crippen LogP contribution in [0.1, 0.15) is 11.1 Å². The van der Waals surface area contributed by atoms with Gasteiger partial charge >= 0.3 is 0 Å². The molecule has 0 saturated carbocycles. The standard InChI is InChI=1S/C22H23ClN2O5S/c1-14-5-3-4-6-17(14)29-9-7-28-8-10-30-20-16(23)11-15(12-18(20)27-2)13-19-21(26)25-22(24)31-19/h3-6,11-13H,7-10H2,1-2H3,(H2,24,25,26)/b19-13-. The lowest BCUT2D eigenvalue weighted by Gasteiger charge is -2.14. The minimum absolute atomic E-state index is 0.0959. The Hall–Kier alpha value is -2.68. The summed E-state index contributed by atoms with van der Waals surface area (Å²) in [5.41, 5.74) is 1.75. The van der Waals surface area contributed by atoms with Crippen molar-refractivity contribution in [3.8, 4) is 17.2 Å². The van der Waals surface area contributed by atoms with E-state index >= 15 is 0 Å². The van der Waals surface area contributed by atoms with E-state index in [2.05, 4.69) is 5.32 Å². The van der Waals surface area contributed by atoms with Crippen LogP contribution in [0.25, 0.3) is 6.08 Å². The van der Waals surface area contributed by atoms with Crippen molar-refractivity contribution in [2.24, 2.45) is 0 Å². The normalized spacial score (nSPS) is 14.6. The topological polar surface area (TPSA) is 89.9 Å². The number of ether oxygens (including phenoxy) is 4. The highest BCUT2D eigenvalue weighted by Crippen LogP contribution is 2.38. The molecule has 164 valence electrons. The molecule has 1 heterocycles. The zero-order valence-corrected chi connectivity index (χ0v) is 18.8. The van der Waals surface area contributed by atoms with Crippen LogP contribution in [0.5, 0.6) is 17.2 Å². The van der Waals surface area contributed by atoms with Crippen molar-refractivity contribution < 1.29 is 23.7 Å². The molecule has 0 aliphatic carbocycles. The molecule has 9 heteroatoms. The number of aryl methyl sites for hydroxylation is 1. The lowest BCUT2D eigenvalue weighted by molar-refractivity contribution is -0.115. The van der Waals surface area contributed by atoms with Gasteiger partial charge in [0.25, 0.3) is 5.91 Å². The second kappa shape index (κ2) is 11.1. The van der Waals surface area contributed by atoms with Gasteiger partial charge in [-0.15, -0.1) is 0 Å². The number of nitrogens with one attached hydrogen (secondary N) is 2. The molecule has 0 unspecified atom stereocenters. The first-order chi connectivity index (χ1) is 15.0. The molecule has 7 nitrogen and oxygen atoms in total. The zero-order chi connectivity index (χ0) is 22.2. The van der Waals surface area contributed by atoms with E-state index in [9.17, 15) is 4.79 Å². The van der Waals surface area contributed by atoms with Gasteiger partial charge in [-0.05, 0) is 54.1 Å². The quantitative estimate of drug-likeness (QED) is 0.405. The van der Waals surface area contributed by atoms with Crippen LogP contribution in [0, 0.1) is 12.3 Å². The van der Waals surface area contributed by atoms with Crippen molar-refractivity contribution in [3.05, 3.63) is 57.5 Å². The van der Waals surface area contributed by atoms with Gasteiger partial charge in [-0.25, -0.2) is 0 Å². The molecule has 1 amide bonds. The summed E-state index contributed by atoms with van der Waals surface area (Å²) in [4.78, 5) is 12.2. The lowest BCUT2D eigenvalue weighted by atomic mass is 10.2. The Kier molecular flexibility index (Phi) is 8.22. The molecule has 1 saturated heterocycles. The Labute approximate surface area is 190 Å². The van der Waals surface area contributed by atoms with Gasteiger partial charge in [0.2, 0.25) is 0 Å². The average Bonchev–Trinajstić information content (AvgIpc) is 3.06. The summed E-state index contributed by atoms with van der Waals surface area (Å²) in [6.45, 7) is 3.53. The summed E-state index contributed by atoms with van der Waals surface area (Å²) in [6, 6.07) is 11.2. The molecule has 1 aliphatic rings. The van der Waals surface area contributed by atoms with Gasteiger partial charge in [-0.2, -0.15) is 0 Å². The number of thioether (sulfide) groups is 1. The number of carbonyl (C=O) groups excluding carboxylic acids is 1. The average molecular weight is 463 g/mol. The van der Waals surface area contributed by atoms with Crippen molar-refractivity contribution in [2.75, 3.05) is 33.5 Å². The van der Waals surface area contributed by atoms with Crippen molar-refractivity contribution in [3.63, 3.8) is 0 Å². The fourth-order valence-electron chi connectivity index (χ4n) is 2.79. The van der Waals surface area contributed by atoms with Crippen molar-refractivity contribution in [1.29, 1.82) is 5.41 Å². The molecule has 0 radical (unpaired) electrons. The number of amides is 1. The molecule has 1 aliphatic heterocycles. The summed E-state index contributed by atoms with van der Waals surface area (Å²) in [6.07, 6.45) is 1.65. The maximum absolute atomic E-state index is 11.8. The summed E-state index contributed by atoms with van der Waals surface area (Å²) in [5, 5.41) is 10.4. The third kappa shape index (κ3) is 6.40. The number of benzene rings is 2. The first kappa shape index (κ1) is 23.0. The van der Waals surface area contributed by atoms with Crippen LogP contribution in [0.4, 0.5) is 0 Å². The molecule has 0 spiro atoms. The van der Waals surface area contributed by atoms with E-state index in [1.54, 1.807) is 18.2 Å². The molecule has 2 aromatic rings. The van der Waals surface area contributed by atoms with E-state index in [0.717, 1.165) is 23.1 Å². The fraction of sp³-hybridized carbons (Fsp3) is 0.273. The number of halogens is 1. The van der Waals surface area contributed by atoms with Gasteiger partial charge in [0, 0.05) is 0 Å². The smallest absolute Gasteiger partial charge is 0.264 e. The Morgan fingerprint density at radius 1 is 1.10 bits per heavy atom. The number of hydrogen-bond acceptors (Lipinski definition) is 7. The number of rotatable bonds is 10. The third-order valence-corrected chi connectivity index (χ3v) is 5.38. The summed E-state index contributed by atoms with van der Waals surface area (Å²) >= 11 is 7.42. The molecule has 31 heavy (non-hydrogen) atoms. The van der Waals surface area contributed by atoms with Crippen LogP contribution >= 0.6 is 23.4 Å². The number of hydrogen-bond donors (Lipinski definition) is 2. The second-order valence-electron chi connectivity index (χ2n) is 6.50. The second-order valence-corrected chi connectivity index (χ2v) is 7.96. The minimum Gasteiger partial charge on any atom is -0.493 e. The summed E-state index contributed by atoms with van der Waals surface area (Å²) in [7, 11) is 1.52. The Balaban J connectivity index is 1.49. The van der Waals surface area contributed by atoms with Crippen LogP contribution in [-0.4, -0.2) is 44.6 Å². The van der Waals surface area contributed by atoms with E-state index in [1.807, 2.05) is 31.2 Å². The van der Waals surface area contributed by atoms with E-state index < -0.39 is 0 Å². The van der Waals surface area contributed by atoms with Gasteiger partial charge in [0.1, 0.15) is 19.0 Å². The largest absolute Gasteiger partial charge is 0.493 e. The zero-order valence-electron chi connectivity index (χ0n) is 17.2. The Morgan fingerprint density at radius 3 is 2.52 bits per heavy atom. The predicted octanol–water partition coefficient (Wildman–Crippen LogP) is 4.27.